The van der Waals surface area contributed by atoms with E-state index in [2.05, 4.69) is 31.4 Å². The fourth-order valence-electron chi connectivity index (χ4n) is 2.49. The van der Waals surface area contributed by atoms with Gasteiger partial charge in [0.05, 0.1) is 18.4 Å². The van der Waals surface area contributed by atoms with Gasteiger partial charge in [-0.15, -0.1) is 0 Å². The maximum Gasteiger partial charge on any atom is 0.272 e. The van der Waals surface area contributed by atoms with Gasteiger partial charge in [-0.1, -0.05) is 23.7 Å². The molecule has 0 saturated carbocycles. The quantitative estimate of drug-likeness (QED) is 0.348. The van der Waals surface area contributed by atoms with E-state index in [1.807, 2.05) is 37.3 Å². The summed E-state index contributed by atoms with van der Waals surface area (Å²) in [5, 5.41) is 4.70. The van der Waals surface area contributed by atoms with Crippen LogP contribution in [0.5, 0.6) is 11.5 Å². The summed E-state index contributed by atoms with van der Waals surface area (Å²) in [7, 11) is 0. The van der Waals surface area contributed by atoms with Crippen molar-refractivity contribution in [3.05, 3.63) is 87.1 Å². The molecule has 1 amide bonds. The molecule has 0 spiro atoms. The molecule has 3 rings (SSSR count). The minimum absolute atomic E-state index is 0.344. The second-order valence-electron chi connectivity index (χ2n) is 6.11. The van der Waals surface area contributed by atoms with Crippen LogP contribution in [0.4, 0.5) is 0 Å². The van der Waals surface area contributed by atoms with Gasteiger partial charge in [0.25, 0.3) is 5.91 Å². The predicted octanol–water partition coefficient (Wildman–Crippen LogP) is 5.24. The van der Waals surface area contributed by atoms with Crippen molar-refractivity contribution in [3.8, 4) is 11.5 Å². The van der Waals surface area contributed by atoms with Crippen LogP contribution < -0.4 is 14.9 Å². The number of nitrogens with zero attached hydrogens (tertiary/aromatic N) is 2. The van der Waals surface area contributed by atoms with Gasteiger partial charge in [0.1, 0.15) is 6.61 Å². The number of carbonyl (C=O) groups excluding carboxylic acids is 1. The third-order valence-corrected chi connectivity index (χ3v) is 4.90. The summed E-state index contributed by atoms with van der Waals surface area (Å²) in [6.07, 6.45) is 4.60. The van der Waals surface area contributed by atoms with Crippen LogP contribution in [-0.4, -0.2) is 23.7 Å². The van der Waals surface area contributed by atoms with Gasteiger partial charge in [-0.25, -0.2) is 5.43 Å². The Morgan fingerprint density at radius 2 is 1.97 bits per heavy atom. The van der Waals surface area contributed by atoms with Crippen molar-refractivity contribution in [2.75, 3.05) is 6.61 Å². The SMILES string of the molecule is CCOc1cc(/C=N\NC(=O)c2cccnc2)c(Br)cc1OCc1ccc(Cl)cc1. The second kappa shape index (κ2) is 10.8. The summed E-state index contributed by atoms with van der Waals surface area (Å²) >= 11 is 9.43. The van der Waals surface area contributed by atoms with E-state index in [9.17, 15) is 4.79 Å². The minimum atomic E-state index is -0.344. The molecule has 0 unspecified atom stereocenters. The zero-order valence-corrected chi connectivity index (χ0v) is 18.5. The lowest BCUT2D eigenvalue weighted by Gasteiger charge is -2.14. The Morgan fingerprint density at radius 1 is 1.20 bits per heavy atom. The Morgan fingerprint density at radius 3 is 2.67 bits per heavy atom. The molecule has 0 aliphatic heterocycles. The van der Waals surface area contributed by atoms with Gasteiger partial charge in [0.15, 0.2) is 11.5 Å². The zero-order valence-electron chi connectivity index (χ0n) is 16.1. The Hall–Kier alpha value is -2.90. The largest absolute Gasteiger partial charge is 0.490 e. The number of hydrazone groups is 1. The fraction of sp³-hybridized carbons (Fsp3) is 0.136. The second-order valence-corrected chi connectivity index (χ2v) is 7.40. The number of halogens is 2. The third-order valence-electron chi connectivity index (χ3n) is 3.96. The molecule has 0 atom stereocenters. The summed E-state index contributed by atoms with van der Waals surface area (Å²) in [5.41, 5.74) is 4.62. The van der Waals surface area contributed by atoms with Gasteiger partial charge < -0.3 is 9.47 Å². The van der Waals surface area contributed by atoms with Gasteiger partial charge in [-0.3, -0.25) is 9.78 Å². The van der Waals surface area contributed by atoms with E-state index in [1.54, 1.807) is 24.4 Å². The molecule has 0 aliphatic carbocycles. The smallest absolute Gasteiger partial charge is 0.272 e. The summed E-state index contributed by atoms with van der Waals surface area (Å²) in [6, 6.07) is 14.4. The lowest BCUT2D eigenvalue weighted by atomic mass is 10.2. The molecule has 154 valence electrons. The van der Waals surface area contributed by atoms with Crippen molar-refractivity contribution < 1.29 is 14.3 Å². The standard InChI is InChI=1S/C22H19BrClN3O3/c1-2-29-20-10-17(13-26-27-22(28)16-4-3-9-25-12-16)19(23)11-21(20)30-14-15-5-7-18(24)8-6-15/h3-13H,2,14H2,1H3,(H,27,28)/b26-13-. The van der Waals surface area contributed by atoms with Gasteiger partial charge in [-0.05, 0) is 64.8 Å². The van der Waals surface area contributed by atoms with E-state index in [-0.39, 0.29) is 5.91 Å². The third kappa shape index (κ3) is 6.05. The normalized spacial score (nSPS) is 10.8. The highest BCUT2D eigenvalue weighted by molar-refractivity contribution is 9.10. The molecule has 0 bridgehead atoms. The number of carbonyl (C=O) groups is 1. The molecule has 6 nitrogen and oxygen atoms in total. The molecular formula is C22H19BrClN3O3. The number of hydrogen-bond donors (Lipinski definition) is 1. The average molecular weight is 489 g/mol. The van der Waals surface area contributed by atoms with Crippen molar-refractivity contribution in [1.82, 2.24) is 10.4 Å². The predicted molar refractivity (Wildman–Crippen MR) is 120 cm³/mol. The van der Waals surface area contributed by atoms with Crippen LogP contribution in [0.2, 0.25) is 5.02 Å². The molecule has 1 N–H and O–H groups in total. The summed E-state index contributed by atoms with van der Waals surface area (Å²) in [5.74, 6) is 0.827. The van der Waals surface area contributed by atoms with Gasteiger partial charge in [0.2, 0.25) is 0 Å². The molecule has 30 heavy (non-hydrogen) atoms. The zero-order chi connectivity index (χ0) is 21.3. The van der Waals surface area contributed by atoms with Crippen molar-refractivity contribution in [1.29, 1.82) is 0 Å². The minimum Gasteiger partial charge on any atom is -0.490 e. The van der Waals surface area contributed by atoms with Crippen molar-refractivity contribution in [2.24, 2.45) is 5.10 Å². The molecule has 0 aliphatic rings. The number of nitrogens with one attached hydrogen (secondary N) is 1. The molecule has 8 heteroatoms. The molecule has 2 aromatic carbocycles. The van der Waals surface area contributed by atoms with Crippen LogP contribution in [0.3, 0.4) is 0 Å². The number of amides is 1. The van der Waals surface area contributed by atoms with E-state index < -0.39 is 0 Å². The van der Waals surface area contributed by atoms with Gasteiger partial charge in [-0.2, -0.15) is 5.10 Å². The first kappa shape index (κ1) is 21.8. The highest BCUT2D eigenvalue weighted by Crippen LogP contribution is 2.34. The number of pyridine rings is 1. The van der Waals surface area contributed by atoms with Gasteiger partial charge in [0, 0.05) is 27.5 Å². The van der Waals surface area contributed by atoms with Gasteiger partial charge >= 0.3 is 0 Å². The lowest BCUT2D eigenvalue weighted by Crippen LogP contribution is -2.17. The van der Waals surface area contributed by atoms with E-state index in [0.29, 0.717) is 35.3 Å². The van der Waals surface area contributed by atoms with Crippen LogP contribution >= 0.6 is 27.5 Å². The molecule has 0 saturated heterocycles. The van der Waals surface area contributed by atoms with Crippen LogP contribution in [0.25, 0.3) is 0 Å². The highest BCUT2D eigenvalue weighted by atomic mass is 79.9. The Kier molecular flexibility index (Phi) is 7.82. The molecule has 0 radical (unpaired) electrons. The van der Waals surface area contributed by atoms with Crippen molar-refractivity contribution >= 4 is 39.7 Å². The Balaban J connectivity index is 1.71. The van der Waals surface area contributed by atoms with Crippen LogP contribution in [0.15, 0.2) is 70.5 Å². The molecule has 1 aromatic heterocycles. The highest BCUT2D eigenvalue weighted by Gasteiger charge is 2.11. The lowest BCUT2D eigenvalue weighted by molar-refractivity contribution is 0.0955. The van der Waals surface area contributed by atoms with E-state index in [1.165, 1.54) is 12.4 Å². The van der Waals surface area contributed by atoms with E-state index in [4.69, 9.17) is 21.1 Å². The summed E-state index contributed by atoms with van der Waals surface area (Å²) in [4.78, 5) is 16.0. The maximum atomic E-state index is 12.1. The number of rotatable bonds is 8. The Labute approximate surface area is 188 Å². The topological polar surface area (TPSA) is 72.8 Å². The van der Waals surface area contributed by atoms with Crippen LogP contribution in [-0.2, 0) is 6.61 Å². The summed E-state index contributed by atoms with van der Waals surface area (Å²) < 4.78 is 12.4. The first-order valence-electron chi connectivity index (χ1n) is 9.14. The van der Waals surface area contributed by atoms with Crippen LogP contribution in [0.1, 0.15) is 28.4 Å². The molecule has 3 aromatic rings. The summed E-state index contributed by atoms with van der Waals surface area (Å²) in [6.45, 7) is 2.75. The number of ether oxygens (including phenoxy) is 2. The molecular weight excluding hydrogens is 470 g/mol. The maximum absolute atomic E-state index is 12.1. The average Bonchev–Trinajstić information content (AvgIpc) is 2.76. The number of hydrogen-bond acceptors (Lipinski definition) is 5. The monoisotopic (exact) mass is 487 g/mol. The van der Waals surface area contributed by atoms with E-state index in [0.717, 1.165) is 15.6 Å². The Bertz CT molecular complexity index is 1030. The van der Waals surface area contributed by atoms with Crippen molar-refractivity contribution in [3.63, 3.8) is 0 Å². The first-order chi connectivity index (χ1) is 14.6. The van der Waals surface area contributed by atoms with Crippen molar-refractivity contribution in [2.45, 2.75) is 13.5 Å². The molecule has 0 fully saturated rings. The fourth-order valence-corrected chi connectivity index (χ4v) is 3.05. The number of aromatic nitrogens is 1. The van der Waals surface area contributed by atoms with E-state index >= 15 is 0 Å². The molecule has 1 heterocycles. The van der Waals surface area contributed by atoms with Crippen LogP contribution in [0, 0.1) is 0 Å². The first-order valence-corrected chi connectivity index (χ1v) is 10.3. The number of benzene rings is 2.